The van der Waals surface area contributed by atoms with Gasteiger partial charge in [0.05, 0.1) is 36.3 Å². The van der Waals surface area contributed by atoms with Crippen molar-refractivity contribution in [2.45, 2.75) is 77.9 Å². The van der Waals surface area contributed by atoms with Crippen LogP contribution < -0.4 is 14.8 Å². The topological polar surface area (TPSA) is 52.6 Å². The van der Waals surface area contributed by atoms with E-state index in [1.165, 1.54) is 25.3 Å². The van der Waals surface area contributed by atoms with E-state index in [0.717, 1.165) is 17.7 Å². The van der Waals surface area contributed by atoms with E-state index >= 15 is 0 Å². The third-order valence-corrected chi connectivity index (χ3v) is 6.96. The number of hydrogen-bond donors (Lipinski definition) is 1. The van der Waals surface area contributed by atoms with Gasteiger partial charge in [-0.15, -0.1) is 13.2 Å². The number of aryl methyl sites for hydroxylation is 1. The predicted molar refractivity (Wildman–Crippen MR) is 129 cm³/mol. The van der Waals surface area contributed by atoms with Crippen molar-refractivity contribution in [2.75, 3.05) is 12.4 Å². The van der Waals surface area contributed by atoms with Crippen molar-refractivity contribution >= 4 is 15.5 Å². The third kappa shape index (κ3) is 7.92. The van der Waals surface area contributed by atoms with Crippen LogP contribution in [0.4, 0.5) is 18.9 Å². The lowest BCUT2D eigenvalue weighted by atomic mass is 9.96. The van der Waals surface area contributed by atoms with Crippen LogP contribution in [0.1, 0.15) is 53.5 Å². The molecule has 0 amide bonds. The van der Waals surface area contributed by atoms with Crippen LogP contribution in [0, 0.1) is 6.92 Å². The molecule has 0 radical (unpaired) electrons. The molecule has 1 aromatic heterocycles. The van der Waals surface area contributed by atoms with E-state index in [1.54, 1.807) is 6.20 Å². The van der Waals surface area contributed by atoms with Gasteiger partial charge in [-0.2, -0.15) is 0 Å². The van der Waals surface area contributed by atoms with Gasteiger partial charge >= 0.3 is 6.36 Å². The number of anilines is 1. The van der Waals surface area contributed by atoms with Crippen LogP contribution in [0.5, 0.6) is 11.5 Å². The second kappa shape index (κ2) is 10.3. The standard InChI is InChI=1S/C24H35F3N2O3Si/c1-9-20(23(6,7)32-33-22(3,4)5)29-16-12-15(2)21(28-14-16)18-11-10-17(13-19(18)30-8)31-24(25,26)27/h10-14,20,29H,9,33H2,1-8H3/t20-/m0/s1. The Morgan fingerprint density at radius 2 is 1.76 bits per heavy atom. The number of ether oxygens (including phenoxy) is 2. The fourth-order valence-electron chi connectivity index (χ4n) is 3.47. The van der Waals surface area contributed by atoms with Crippen LogP contribution in [0.2, 0.25) is 5.04 Å². The van der Waals surface area contributed by atoms with Crippen molar-refractivity contribution in [3.8, 4) is 22.8 Å². The van der Waals surface area contributed by atoms with Crippen LogP contribution in [0.3, 0.4) is 0 Å². The normalized spacial score (nSPS) is 13.9. The fraction of sp³-hybridized carbons (Fsp3) is 0.542. The lowest BCUT2D eigenvalue weighted by Gasteiger charge is -2.37. The third-order valence-electron chi connectivity index (χ3n) is 5.21. The molecule has 0 bridgehead atoms. The molecule has 5 nitrogen and oxygen atoms in total. The van der Waals surface area contributed by atoms with Crippen molar-refractivity contribution in [2.24, 2.45) is 0 Å². The molecule has 0 fully saturated rings. The minimum absolute atomic E-state index is 0.0905. The highest BCUT2D eigenvalue weighted by Gasteiger charge is 2.32. The zero-order chi connectivity index (χ0) is 25.0. The van der Waals surface area contributed by atoms with Crippen molar-refractivity contribution in [3.63, 3.8) is 0 Å². The molecule has 0 saturated heterocycles. The van der Waals surface area contributed by atoms with Crippen molar-refractivity contribution < 1.29 is 27.1 Å². The van der Waals surface area contributed by atoms with Gasteiger partial charge in [0, 0.05) is 11.6 Å². The van der Waals surface area contributed by atoms with E-state index in [2.05, 4.69) is 56.6 Å². The summed E-state index contributed by atoms with van der Waals surface area (Å²) >= 11 is 0. The summed E-state index contributed by atoms with van der Waals surface area (Å²) in [5, 5.41) is 3.75. The Labute approximate surface area is 197 Å². The second-order valence-corrected chi connectivity index (χ2v) is 12.6. The largest absolute Gasteiger partial charge is 0.573 e. The van der Waals surface area contributed by atoms with Gasteiger partial charge in [0.25, 0.3) is 0 Å². The monoisotopic (exact) mass is 484 g/mol. The molecule has 0 unspecified atom stereocenters. The number of halogens is 3. The first-order valence-electron chi connectivity index (χ1n) is 11.0. The second-order valence-electron chi connectivity index (χ2n) is 9.86. The van der Waals surface area contributed by atoms with Gasteiger partial charge in [0.1, 0.15) is 11.5 Å². The number of pyridine rings is 1. The highest BCUT2D eigenvalue weighted by atomic mass is 28.2. The number of alkyl halides is 3. The van der Waals surface area contributed by atoms with Gasteiger partial charge in [-0.05, 0) is 56.0 Å². The van der Waals surface area contributed by atoms with Crippen LogP contribution in [-0.4, -0.2) is 39.9 Å². The first kappa shape index (κ1) is 27.0. The Bertz CT molecular complexity index is 944. The number of benzene rings is 1. The van der Waals surface area contributed by atoms with Gasteiger partial charge < -0.3 is 19.2 Å². The zero-order valence-electron chi connectivity index (χ0n) is 20.7. The molecule has 1 aromatic carbocycles. The molecular formula is C24H35F3N2O3Si. The molecule has 184 valence electrons. The van der Waals surface area contributed by atoms with Crippen molar-refractivity contribution in [1.82, 2.24) is 4.98 Å². The molecule has 2 rings (SSSR count). The first-order valence-corrected chi connectivity index (χ1v) is 12.2. The van der Waals surface area contributed by atoms with Crippen LogP contribution >= 0.6 is 0 Å². The Balaban J connectivity index is 2.25. The number of nitrogens with one attached hydrogen (secondary N) is 1. The van der Waals surface area contributed by atoms with Gasteiger partial charge in [-0.3, -0.25) is 4.98 Å². The van der Waals surface area contributed by atoms with E-state index in [0.29, 0.717) is 11.3 Å². The van der Waals surface area contributed by atoms with Crippen molar-refractivity contribution in [1.29, 1.82) is 0 Å². The molecule has 0 spiro atoms. The number of aromatic nitrogens is 1. The Kier molecular flexibility index (Phi) is 8.45. The lowest BCUT2D eigenvalue weighted by molar-refractivity contribution is -0.274. The molecule has 1 N–H and O–H groups in total. The lowest BCUT2D eigenvalue weighted by Crippen LogP contribution is -2.45. The van der Waals surface area contributed by atoms with Crippen LogP contribution in [0.25, 0.3) is 11.3 Å². The highest BCUT2D eigenvalue weighted by Crippen LogP contribution is 2.36. The van der Waals surface area contributed by atoms with Crippen LogP contribution in [-0.2, 0) is 4.43 Å². The maximum Gasteiger partial charge on any atom is 0.573 e. The van der Waals surface area contributed by atoms with Gasteiger partial charge in [0.2, 0.25) is 0 Å². The van der Waals surface area contributed by atoms with E-state index in [9.17, 15) is 13.2 Å². The molecular weight excluding hydrogens is 449 g/mol. The van der Waals surface area contributed by atoms with Gasteiger partial charge in [-0.25, -0.2) is 0 Å². The molecule has 0 aliphatic heterocycles. The average molecular weight is 485 g/mol. The number of nitrogens with zero attached hydrogens (tertiary/aromatic N) is 1. The number of rotatable bonds is 9. The van der Waals surface area contributed by atoms with Gasteiger partial charge in [-0.1, -0.05) is 27.7 Å². The molecule has 0 aliphatic rings. The zero-order valence-corrected chi connectivity index (χ0v) is 22.1. The summed E-state index contributed by atoms with van der Waals surface area (Å²) < 4.78 is 53.3. The summed E-state index contributed by atoms with van der Waals surface area (Å²) in [7, 11) is 0.682. The Hall–Kier alpha value is -2.26. The summed E-state index contributed by atoms with van der Waals surface area (Å²) in [5.74, 6) is -0.0907. The fourth-order valence-corrected chi connectivity index (χ4v) is 4.48. The van der Waals surface area contributed by atoms with E-state index < -0.39 is 16.1 Å². The van der Waals surface area contributed by atoms with E-state index in [-0.39, 0.29) is 28.2 Å². The van der Waals surface area contributed by atoms with E-state index in [4.69, 9.17) is 9.16 Å². The van der Waals surface area contributed by atoms with E-state index in [1.807, 2.05) is 13.0 Å². The van der Waals surface area contributed by atoms with Crippen molar-refractivity contribution in [3.05, 3.63) is 36.0 Å². The summed E-state index contributed by atoms with van der Waals surface area (Å²) in [6.45, 7) is 14.8. The Morgan fingerprint density at radius 1 is 1.09 bits per heavy atom. The molecule has 1 atom stereocenters. The SMILES string of the molecule is CC[C@H](Nc1cnc(-c2ccc(OC(F)(F)F)cc2OC)c(C)c1)C(C)(C)O[SiH2]C(C)(C)C. The molecule has 0 aliphatic carbocycles. The minimum atomic E-state index is -4.77. The maximum atomic E-state index is 12.5. The Morgan fingerprint density at radius 3 is 2.27 bits per heavy atom. The van der Waals surface area contributed by atoms with Crippen LogP contribution in [0.15, 0.2) is 30.5 Å². The first-order chi connectivity index (χ1) is 15.1. The maximum absolute atomic E-state index is 12.5. The molecule has 33 heavy (non-hydrogen) atoms. The summed E-state index contributed by atoms with van der Waals surface area (Å²) in [5.41, 5.74) is 2.59. The number of hydrogen-bond acceptors (Lipinski definition) is 5. The molecule has 0 saturated carbocycles. The minimum Gasteiger partial charge on any atom is -0.496 e. The predicted octanol–water partition coefficient (Wildman–Crippen LogP) is 6.25. The number of methoxy groups -OCH3 is 1. The smallest absolute Gasteiger partial charge is 0.496 e. The summed E-state index contributed by atoms with van der Waals surface area (Å²) in [4.78, 5) is 4.58. The summed E-state index contributed by atoms with van der Waals surface area (Å²) in [6, 6.07) is 6.05. The molecule has 1 heterocycles. The molecule has 9 heteroatoms. The highest BCUT2D eigenvalue weighted by molar-refractivity contribution is 6.31. The average Bonchev–Trinajstić information content (AvgIpc) is 2.69. The summed E-state index contributed by atoms with van der Waals surface area (Å²) in [6.07, 6.45) is -2.17. The quantitative estimate of drug-likeness (QED) is 0.426. The molecule has 2 aromatic rings. The van der Waals surface area contributed by atoms with Gasteiger partial charge in [0.15, 0.2) is 9.76 Å².